The van der Waals surface area contributed by atoms with Crippen molar-refractivity contribution >= 4 is 11.7 Å². The van der Waals surface area contributed by atoms with Gasteiger partial charge in [0.05, 0.1) is 25.5 Å². The zero-order valence-electron chi connectivity index (χ0n) is 16.9. The first-order valence-corrected chi connectivity index (χ1v) is 10.6. The van der Waals surface area contributed by atoms with Crippen molar-refractivity contribution in [2.75, 3.05) is 77.1 Å². The maximum atomic E-state index is 14.0. The van der Waals surface area contributed by atoms with E-state index in [-0.39, 0.29) is 17.9 Å². The molecular weight excluding hydrogens is 375 g/mol. The maximum absolute atomic E-state index is 14.0. The van der Waals surface area contributed by atoms with E-state index in [1.807, 2.05) is 15.9 Å². The van der Waals surface area contributed by atoms with Crippen LogP contribution in [0.15, 0.2) is 24.3 Å². The fourth-order valence-electron chi connectivity index (χ4n) is 4.52. The van der Waals surface area contributed by atoms with Gasteiger partial charge in [0.1, 0.15) is 5.82 Å². The van der Waals surface area contributed by atoms with Crippen molar-refractivity contribution in [2.45, 2.75) is 12.5 Å². The topological polar surface area (TPSA) is 57.3 Å². The molecule has 7 nitrogen and oxygen atoms in total. The molecule has 0 saturated carbocycles. The SMILES string of the molecule is O=C(NC[C@@H]([C@H]1CCOC1)N1CCOCC1)N1CCN(c2ccccc2F)CC1. The van der Waals surface area contributed by atoms with Crippen molar-refractivity contribution < 1.29 is 18.7 Å². The minimum absolute atomic E-state index is 0.0321. The number of para-hydroxylation sites is 1. The summed E-state index contributed by atoms with van der Waals surface area (Å²) in [5.41, 5.74) is 0.612. The van der Waals surface area contributed by atoms with E-state index in [1.54, 1.807) is 12.1 Å². The van der Waals surface area contributed by atoms with Crippen LogP contribution in [-0.4, -0.2) is 94.1 Å². The van der Waals surface area contributed by atoms with Gasteiger partial charge in [-0.3, -0.25) is 4.90 Å². The van der Waals surface area contributed by atoms with Gasteiger partial charge in [-0.1, -0.05) is 12.1 Å². The number of piperazine rings is 1. The summed E-state index contributed by atoms with van der Waals surface area (Å²) < 4.78 is 25.1. The third-order valence-corrected chi connectivity index (χ3v) is 6.25. The van der Waals surface area contributed by atoms with E-state index >= 15 is 0 Å². The number of nitrogens with one attached hydrogen (secondary N) is 1. The Balaban J connectivity index is 1.29. The van der Waals surface area contributed by atoms with Crippen LogP contribution in [0.25, 0.3) is 0 Å². The number of hydrogen-bond donors (Lipinski definition) is 1. The lowest BCUT2D eigenvalue weighted by atomic mass is 9.97. The van der Waals surface area contributed by atoms with Crippen LogP contribution in [0.4, 0.5) is 14.9 Å². The lowest BCUT2D eigenvalue weighted by molar-refractivity contribution is 0.00185. The molecule has 3 aliphatic rings. The molecule has 0 bridgehead atoms. The Bertz CT molecular complexity index is 672. The van der Waals surface area contributed by atoms with Crippen molar-refractivity contribution in [3.05, 3.63) is 30.1 Å². The van der Waals surface area contributed by atoms with Crippen molar-refractivity contribution in [1.82, 2.24) is 15.1 Å². The summed E-state index contributed by atoms with van der Waals surface area (Å²) in [6.07, 6.45) is 1.04. The third kappa shape index (κ3) is 4.99. The maximum Gasteiger partial charge on any atom is 0.317 e. The smallest absolute Gasteiger partial charge is 0.317 e. The number of anilines is 1. The second-order valence-electron chi connectivity index (χ2n) is 7.95. The van der Waals surface area contributed by atoms with Crippen LogP contribution in [0.2, 0.25) is 0 Å². The van der Waals surface area contributed by atoms with Crippen molar-refractivity contribution in [1.29, 1.82) is 0 Å². The van der Waals surface area contributed by atoms with Gasteiger partial charge in [-0.05, 0) is 18.6 Å². The Labute approximate surface area is 171 Å². The van der Waals surface area contributed by atoms with E-state index in [0.29, 0.717) is 44.3 Å². The molecule has 1 N–H and O–H groups in total. The predicted molar refractivity (Wildman–Crippen MR) is 109 cm³/mol. The average Bonchev–Trinajstić information content (AvgIpc) is 3.30. The first-order chi connectivity index (χ1) is 14.2. The number of ether oxygens (including phenoxy) is 2. The van der Waals surface area contributed by atoms with Crippen LogP contribution in [0.5, 0.6) is 0 Å². The molecule has 0 spiro atoms. The Morgan fingerprint density at radius 3 is 2.52 bits per heavy atom. The number of carbonyl (C=O) groups excluding carboxylic acids is 1. The van der Waals surface area contributed by atoms with Gasteiger partial charge in [-0.2, -0.15) is 0 Å². The Morgan fingerprint density at radius 2 is 1.83 bits per heavy atom. The van der Waals surface area contributed by atoms with Gasteiger partial charge in [0.2, 0.25) is 0 Å². The molecule has 2 amide bonds. The molecule has 1 aromatic carbocycles. The first kappa shape index (κ1) is 20.4. The zero-order chi connectivity index (χ0) is 20.1. The van der Waals surface area contributed by atoms with E-state index in [9.17, 15) is 9.18 Å². The number of carbonyl (C=O) groups is 1. The molecule has 0 radical (unpaired) electrons. The van der Waals surface area contributed by atoms with Crippen LogP contribution in [0, 0.1) is 11.7 Å². The molecule has 8 heteroatoms. The number of urea groups is 1. The molecule has 0 aromatic heterocycles. The van der Waals surface area contributed by atoms with E-state index in [4.69, 9.17) is 9.47 Å². The number of hydrogen-bond acceptors (Lipinski definition) is 5. The van der Waals surface area contributed by atoms with Gasteiger partial charge in [0, 0.05) is 64.4 Å². The summed E-state index contributed by atoms with van der Waals surface area (Å²) in [5.74, 6) is 0.240. The summed E-state index contributed by atoms with van der Waals surface area (Å²) in [7, 11) is 0. The van der Waals surface area contributed by atoms with Gasteiger partial charge in [0.15, 0.2) is 0 Å². The number of halogens is 1. The van der Waals surface area contributed by atoms with Crippen LogP contribution in [0.3, 0.4) is 0 Å². The highest BCUT2D eigenvalue weighted by Crippen LogP contribution is 2.22. The highest BCUT2D eigenvalue weighted by molar-refractivity contribution is 5.74. The molecule has 4 rings (SSSR count). The largest absolute Gasteiger partial charge is 0.381 e. The molecule has 1 aromatic rings. The molecule has 160 valence electrons. The molecule has 0 aliphatic carbocycles. The van der Waals surface area contributed by atoms with Crippen LogP contribution in [0.1, 0.15) is 6.42 Å². The van der Waals surface area contributed by atoms with Gasteiger partial charge < -0.3 is 24.6 Å². The lowest BCUT2D eigenvalue weighted by Gasteiger charge is -2.39. The van der Waals surface area contributed by atoms with Gasteiger partial charge in [-0.25, -0.2) is 9.18 Å². The number of benzene rings is 1. The summed E-state index contributed by atoms with van der Waals surface area (Å²) >= 11 is 0. The van der Waals surface area contributed by atoms with Crippen LogP contribution >= 0.6 is 0 Å². The lowest BCUT2D eigenvalue weighted by Crippen LogP contribution is -2.56. The van der Waals surface area contributed by atoms with E-state index in [0.717, 1.165) is 45.9 Å². The standard InChI is InChI=1S/C21H31FN4O3/c22-18-3-1-2-4-19(18)24-6-8-26(9-7-24)21(27)23-15-20(17-5-12-29-16-17)25-10-13-28-14-11-25/h1-4,17,20H,5-16H2,(H,23,27)/t17-,20-/m0/s1. The molecular formula is C21H31FN4O3. The second-order valence-corrected chi connectivity index (χ2v) is 7.95. The van der Waals surface area contributed by atoms with Gasteiger partial charge in [0.25, 0.3) is 0 Å². The van der Waals surface area contributed by atoms with E-state index in [2.05, 4.69) is 10.2 Å². The average molecular weight is 407 g/mol. The van der Waals surface area contributed by atoms with Crippen LogP contribution < -0.4 is 10.2 Å². The molecule has 29 heavy (non-hydrogen) atoms. The minimum Gasteiger partial charge on any atom is -0.381 e. The monoisotopic (exact) mass is 406 g/mol. The second kappa shape index (κ2) is 9.73. The normalized spacial score (nSPS) is 24.5. The van der Waals surface area contributed by atoms with Crippen LogP contribution in [-0.2, 0) is 9.47 Å². The zero-order valence-corrected chi connectivity index (χ0v) is 16.9. The highest BCUT2D eigenvalue weighted by Gasteiger charge is 2.32. The molecule has 3 saturated heterocycles. The van der Waals surface area contributed by atoms with Crippen molar-refractivity contribution in [3.63, 3.8) is 0 Å². The summed E-state index contributed by atoms with van der Waals surface area (Å²) in [6.45, 7) is 7.94. The predicted octanol–water partition coefficient (Wildman–Crippen LogP) is 1.39. The van der Waals surface area contributed by atoms with Gasteiger partial charge in [-0.15, -0.1) is 0 Å². The molecule has 3 heterocycles. The third-order valence-electron chi connectivity index (χ3n) is 6.25. The minimum atomic E-state index is -0.211. The number of nitrogens with zero attached hydrogens (tertiary/aromatic N) is 3. The first-order valence-electron chi connectivity index (χ1n) is 10.6. The number of rotatable bonds is 5. The number of morpholine rings is 1. The summed E-state index contributed by atoms with van der Waals surface area (Å²) in [4.78, 5) is 19.0. The summed E-state index contributed by atoms with van der Waals surface area (Å²) in [6, 6.07) is 7.06. The fourth-order valence-corrected chi connectivity index (χ4v) is 4.52. The molecule has 3 fully saturated rings. The molecule has 3 aliphatic heterocycles. The Kier molecular flexibility index (Phi) is 6.84. The Morgan fingerprint density at radius 1 is 1.07 bits per heavy atom. The summed E-state index contributed by atoms with van der Waals surface area (Å²) in [5, 5.41) is 3.15. The van der Waals surface area contributed by atoms with Gasteiger partial charge >= 0.3 is 6.03 Å². The Hall–Kier alpha value is -1.90. The quantitative estimate of drug-likeness (QED) is 0.801. The van der Waals surface area contributed by atoms with Crippen molar-refractivity contribution in [2.24, 2.45) is 5.92 Å². The van der Waals surface area contributed by atoms with E-state index < -0.39 is 0 Å². The highest BCUT2D eigenvalue weighted by atomic mass is 19.1. The molecule has 2 atom stereocenters. The number of amides is 2. The molecule has 0 unspecified atom stereocenters. The van der Waals surface area contributed by atoms with E-state index in [1.165, 1.54) is 6.07 Å². The fraction of sp³-hybridized carbons (Fsp3) is 0.667. The van der Waals surface area contributed by atoms with Crippen molar-refractivity contribution in [3.8, 4) is 0 Å².